The van der Waals surface area contributed by atoms with Crippen molar-refractivity contribution in [3.05, 3.63) is 46.9 Å². The minimum Gasteiger partial charge on any atom is -0.351 e. The van der Waals surface area contributed by atoms with Crippen molar-refractivity contribution in [2.24, 2.45) is 0 Å². The van der Waals surface area contributed by atoms with Gasteiger partial charge in [0.15, 0.2) is 0 Å². The molecular weight excluding hydrogens is 286 g/mol. The molecule has 1 N–H and O–H groups in total. The molecule has 0 saturated carbocycles. The van der Waals surface area contributed by atoms with E-state index in [4.69, 9.17) is 0 Å². The van der Waals surface area contributed by atoms with Gasteiger partial charge in [0.2, 0.25) is 0 Å². The Kier molecular flexibility index (Phi) is 3.92. The second kappa shape index (κ2) is 6.01. The Hall–Kier alpha value is -2.28. The maximum Gasteiger partial charge on any atom is 0.264 e. The molecular formula is C14H15N5OS. The summed E-state index contributed by atoms with van der Waals surface area (Å²) >= 11 is 1.14. The predicted octanol–water partition coefficient (Wildman–Crippen LogP) is 1.72. The fraction of sp³-hybridized carbons (Fsp3) is 0.286. The molecule has 3 heterocycles. The number of fused-ring (bicyclic) bond motifs is 1. The van der Waals surface area contributed by atoms with Gasteiger partial charge in [0.1, 0.15) is 10.5 Å². The van der Waals surface area contributed by atoms with E-state index in [1.807, 2.05) is 41.9 Å². The van der Waals surface area contributed by atoms with Crippen LogP contribution in [0.4, 0.5) is 0 Å². The molecule has 1 amide bonds. The van der Waals surface area contributed by atoms with Crippen LogP contribution in [0.3, 0.4) is 0 Å². The summed E-state index contributed by atoms with van der Waals surface area (Å²) in [5.41, 5.74) is 2.63. The quantitative estimate of drug-likeness (QED) is 0.779. The van der Waals surface area contributed by atoms with Gasteiger partial charge in [-0.2, -0.15) is 0 Å². The zero-order valence-electron chi connectivity index (χ0n) is 11.6. The molecule has 0 bridgehead atoms. The van der Waals surface area contributed by atoms with Crippen molar-refractivity contribution < 1.29 is 4.79 Å². The highest BCUT2D eigenvalue weighted by Gasteiger charge is 2.14. The van der Waals surface area contributed by atoms with Gasteiger partial charge >= 0.3 is 0 Å². The van der Waals surface area contributed by atoms with Crippen molar-refractivity contribution in [3.63, 3.8) is 0 Å². The van der Waals surface area contributed by atoms with Gasteiger partial charge in [-0.25, -0.2) is 4.98 Å². The van der Waals surface area contributed by atoms with Crippen molar-refractivity contribution in [1.82, 2.24) is 24.3 Å². The lowest BCUT2D eigenvalue weighted by molar-refractivity contribution is 0.0957. The number of aromatic nitrogens is 4. The molecule has 0 radical (unpaired) electrons. The van der Waals surface area contributed by atoms with Crippen molar-refractivity contribution in [2.45, 2.75) is 19.8 Å². The van der Waals surface area contributed by atoms with E-state index < -0.39 is 0 Å². The molecule has 0 saturated heterocycles. The van der Waals surface area contributed by atoms with Crippen LogP contribution >= 0.6 is 11.5 Å². The van der Waals surface area contributed by atoms with Crippen LogP contribution in [0, 0.1) is 0 Å². The summed E-state index contributed by atoms with van der Waals surface area (Å²) in [4.78, 5) is 17.1. The molecule has 21 heavy (non-hydrogen) atoms. The summed E-state index contributed by atoms with van der Waals surface area (Å²) in [5, 5.41) is 6.84. The molecule has 108 valence electrons. The van der Waals surface area contributed by atoms with Crippen molar-refractivity contribution in [1.29, 1.82) is 0 Å². The Morgan fingerprint density at radius 2 is 2.33 bits per heavy atom. The van der Waals surface area contributed by atoms with Crippen molar-refractivity contribution in [3.8, 4) is 0 Å². The Bertz CT molecular complexity index is 730. The van der Waals surface area contributed by atoms with Gasteiger partial charge in [-0.05, 0) is 30.1 Å². The Morgan fingerprint density at radius 1 is 1.43 bits per heavy atom. The lowest BCUT2D eigenvalue weighted by atomic mass is 10.3. The first-order valence-electron chi connectivity index (χ1n) is 6.80. The second-order valence-corrected chi connectivity index (χ2v) is 5.36. The van der Waals surface area contributed by atoms with Crippen LogP contribution in [0.5, 0.6) is 0 Å². The predicted molar refractivity (Wildman–Crippen MR) is 80.5 cm³/mol. The number of rotatable bonds is 5. The zero-order valence-corrected chi connectivity index (χ0v) is 12.4. The number of pyridine rings is 1. The van der Waals surface area contributed by atoms with Gasteiger partial charge in [0.25, 0.3) is 5.91 Å². The van der Waals surface area contributed by atoms with Gasteiger partial charge in [-0.1, -0.05) is 17.5 Å². The van der Waals surface area contributed by atoms with E-state index in [0.29, 0.717) is 24.3 Å². The number of carbonyl (C=O) groups is 1. The fourth-order valence-corrected chi connectivity index (χ4v) is 2.77. The molecule has 0 atom stereocenters. The molecule has 3 aromatic rings. The zero-order chi connectivity index (χ0) is 14.7. The van der Waals surface area contributed by atoms with E-state index in [9.17, 15) is 4.79 Å². The molecule has 0 aliphatic rings. The van der Waals surface area contributed by atoms with E-state index in [0.717, 1.165) is 28.6 Å². The summed E-state index contributed by atoms with van der Waals surface area (Å²) in [6.07, 6.45) is 5.35. The van der Waals surface area contributed by atoms with E-state index >= 15 is 0 Å². The van der Waals surface area contributed by atoms with Crippen molar-refractivity contribution >= 4 is 23.1 Å². The average Bonchev–Trinajstić information content (AvgIpc) is 3.12. The average molecular weight is 301 g/mol. The monoisotopic (exact) mass is 301 g/mol. The molecule has 7 heteroatoms. The standard InChI is InChI=1S/C14H15N5OS/c1-2-11-13(21-18-17-11)14(20)15-7-6-10-9-19-8-4-3-5-12(19)16-10/h3-5,8-9H,2,6-7H2,1H3,(H,15,20). The first kappa shape index (κ1) is 13.7. The summed E-state index contributed by atoms with van der Waals surface area (Å²) in [6, 6.07) is 5.87. The van der Waals surface area contributed by atoms with Crippen LogP contribution in [0.1, 0.15) is 28.0 Å². The molecule has 3 aromatic heterocycles. The first-order valence-corrected chi connectivity index (χ1v) is 7.57. The van der Waals surface area contributed by atoms with Crippen LogP contribution in [0.25, 0.3) is 5.65 Å². The van der Waals surface area contributed by atoms with Crippen LogP contribution in [0.15, 0.2) is 30.6 Å². The number of nitrogens with zero attached hydrogens (tertiary/aromatic N) is 4. The Morgan fingerprint density at radius 3 is 3.14 bits per heavy atom. The van der Waals surface area contributed by atoms with Gasteiger partial charge in [0.05, 0.1) is 11.4 Å². The molecule has 0 aromatic carbocycles. The third kappa shape index (κ3) is 2.92. The van der Waals surface area contributed by atoms with Crippen LogP contribution in [0.2, 0.25) is 0 Å². The summed E-state index contributed by atoms with van der Waals surface area (Å²) in [5.74, 6) is -0.106. The van der Waals surface area contributed by atoms with E-state index in [2.05, 4.69) is 19.9 Å². The number of amides is 1. The summed E-state index contributed by atoms with van der Waals surface area (Å²) < 4.78 is 5.80. The first-order chi connectivity index (χ1) is 10.3. The number of hydrogen-bond acceptors (Lipinski definition) is 5. The number of hydrogen-bond donors (Lipinski definition) is 1. The molecule has 0 unspecified atom stereocenters. The molecule has 3 rings (SSSR count). The number of aryl methyl sites for hydroxylation is 1. The van der Waals surface area contributed by atoms with E-state index in [1.54, 1.807) is 0 Å². The SMILES string of the molecule is CCc1nnsc1C(=O)NCCc1cn2ccccc2n1. The molecule has 0 aliphatic carbocycles. The lowest BCUT2D eigenvalue weighted by Gasteiger charge is -2.02. The van der Waals surface area contributed by atoms with Gasteiger partial charge in [0, 0.05) is 25.4 Å². The van der Waals surface area contributed by atoms with Gasteiger partial charge < -0.3 is 9.72 Å². The van der Waals surface area contributed by atoms with Gasteiger partial charge in [-0.15, -0.1) is 5.10 Å². The maximum atomic E-state index is 12.0. The van der Waals surface area contributed by atoms with Crippen LogP contribution < -0.4 is 5.32 Å². The highest BCUT2D eigenvalue weighted by atomic mass is 32.1. The maximum absolute atomic E-state index is 12.0. The molecule has 6 nitrogen and oxygen atoms in total. The minimum absolute atomic E-state index is 0.106. The highest BCUT2D eigenvalue weighted by molar-refractivity contribution is 7.08. The number of nitrogens with one attached hydrogen (secondary N) is 1. The molecule has 0 fully saturated rings. The Balaban J connectivity index is 1.59. The van der Waals surface area contributed by atoms with Crippen LogP contribution in [-0.4, -0.2) is 31.4 Å². The minimum atomic E-state index is -0.106. The summed E-state index contributed by atoms with van der Waals surface area (Å²) in [6.45, 7) is 2.51. The topological polar surface area (TPSA) is 72.2 Å². The molecule has 0 spiro atoms. The van der Waals surface area contributed by atoms with E-state index in [1.165, 1.54) is 0 Å². The third-order valence-electron chi connectivity index (χ3n) is 3.18. The highest BCUT2D eigenvalue weighted by Crippen LogP contribution is 2.10. The smallest absolute Gasteiger partial charge is 0.264 e. The van der Waals surface area contributed by atoms with E-state index in [-0.39, 0.29) is 5.91 Å². The third-order valence-corrected chi connectivity index (χ3v) is 3.94. The van der Waals surface area contributed by atoms with Gasteiger partial charge in [-0.3, -0.25) is 4.79 Å². The molecule has 0 aliphatic heterocycles. The Labute approximate surface area is 126 Å². The second-order valence-electron chi connectivity index (χ2n) is 4.61. The summed E-state index contributed by atoms with van der Waals surface area (Å²) in [7, 11) is 0. The number of imidazole rings is 1. The fourth-order valence-electron chi connectivity index (χ4n) is 2.10. The van der Waals surface area contributed by atoms with Crippen LogP contribution in [-0.2, 0) is 12.8 Å². The lowest BCUT2D eigenvalue weighted by Crippen LogP contribution is -2.25. The largest absolute Gasteiger partial charge is 0.351 e. The van der Waals surface area contributed by atoms with Crippen molar-refractivity contribution in [2.75, 3.05) is 6.54 Å². The normalized spacial score (nSPS) is 10.9. The number of carbonyl (C=O) groups excluding carboxylic acids is 1.